The van der Waals surface area contributed by atoms with Crippen LogP contribution in [-0.4, -0.2) is 34.1 Å². The number of nitrogens with zero attached hydrogens (tertiary/aromatic N) is 2. The predicted octanol–water partition coefficient (Wildman–Crippen LogP) is 1.59. The quantitative estimate of drug-likeness (QED) is 0.846. The molecule has 1 aromatic rings. The summed E-state index contributed by atoms with van der Waals surface area (Å²) in [4.78, 5) is 20.0. The van der Waals surface area contributed by atoms with Crippen LogP contribution in [0.5, 0.6) is 5.88 Å². The SMILES string of the molecule is CCOc1cc(NC(C)C(=O)NC(C)(C)C)ncn1. The Morgan fingerprint density at radius 2 is 2.11 bits per heavy atom. The van der Waals surface area contributed by atoms with Gasteiger partial charge in [-0.3, -0.25) is 4.79 Å². The van der Waals surface area contributed by atoms with Crippen molar-refractivity contribution >= 4 is 11.7 Å². The number of ether oxygens (including phenoxy) is 1. The fourth-order valence-electron chi connectivity index (χ4n) is 1.41. The summed E-state index contributed by atoms with van der Waals surface area (Å²) in [7, 11) is 0. The fraction of sp³-hybridized carbons (Fsp3) is 0.615. The van der Waals surface area contributed by atoms with Gasteiger partial charge < -0.3 is 15.4 Å². The van der Waals surface area contributed by atoms with Crippen LogP contribution in [0.2, 0.25) is 0 Å². The summed E-state index contributed by atoms with van der Waals surface area (Å²) in [6.07, 6.45) is 1.40. The lowest BCUT2D eigenvalue weighted by Gasteiger charge is -2.23. The summed E-state index contributed by atoms with van der Waals surface area (Å²) in [5, 5.41) is 5.92. The van der Waals surface area contributed by atoms with E-state index in [-0.39, 0.29) is 17.5 Å². The van der Waals surface area contributed by atoms with Gasteiger partial charge in [-0.1, -0.05) is 0 Å². The monoisotopic (exact) mass is 266 g/mol. The van der Waals surface area contributed by atoms with Gasteiger partial charge in [-0.2, -0.15) is 0 Å². The highest BCUT2D eigenvalue weighted by molar-refractivity contribution is 5.84. The summed E-state index contributed by atoms with van der Waals surface area (Å²) in [5.41, 5.74) is -0.255. The molecule has 2 N–H and O–H groups in total. The van der Waals surface area contributed by atoms with E-state index in [0.29, 0.717) is 18.3 Å². The van der Waals surface area contributed by atoms with Gasteiger partial charge >= 0.3 is 0 Å². The molecule has 0 spiro atoms. The molecule has 106 valence electrons. The van der Waals surface area contributed by atoms with Crippen molar-refractivity contribution in [3.05, 3.63) is 12.4 Å². The lowest BCUT2D eigenvalue weighted by molar-refractivity contribution is -0.122. The largest absolute Gasteiger partial charge is 0.478 e. The van der Waals surface area contributed by atoms with Crippen LogP contribution in [0, 0.1) is 0 Å². The molecule has 0 fully saturated rings. The first-order valence-corrected chi connectivity index (χ1v) is 6.35. The lowest BCUT2D eigenvalue weighted by Crippen LogP contribution is -2.47. The van der Waals surface area contributed by atoms with Crippen LogP contribution in [0.1, 0.15) is 34.6 Å². The minimum Gasteiger partial charge on any atom is -0.478 e. The van der Waals surface area contributed by atoms with Crippen molar-refractivity contribution in [2.24, 2.45) is 0 Å². The molecule has 1 aromatic heterocycles. The number of anilines is 1. The second kappa shape index (κ2) is 6.36. The zero-order valence-corrected chi connectivity index (χ0v) is 12.2. The molecule has 1 amide bonds. The van der Waals surface area contributed by atoms with Crippen LogP contribution in [-0.2, 0) is 4.79 Å². The molecule has 1 heterocycles. The van der Waals surface area contributed by atoms with Gasteiger partial charge in [-0.25, -0.2) is 9.97 Å². The molecule has 0 radical (unpaired) electrons. The molecule has 0 saturated heterocycles. The molecule has 1 rings (SSSR count). The van der Waals surface area contributed by atoms with Gasteiger partial charge in [0.25, 0.3) is 0 Å². The number of carbonyl (C=O) groups is 1. The molecule has 6 heteroatoms. The van der Waals surface area contributed by atoms with Crippen molar-refractivity contribution in [3.63, 3.8) is 0 Å². The number of aromatic nitrogens is 2. The molecule has 0 aromatic carbocycles. The third kappa shape index (κ3) is 5.54. The van der Waals surface area contributed by atoms with Crippen molar-refractivity contribution in [3.8, 4) is 5.88 Å². The second-order valence-corrected chi connectivity index (χ2v) is 5.28. The standard InChI is InChI=1S/C13H22N4O2/c1-6-19-11-7-10(14-8-15-11)16-9(2)12(18)17-13(3,4)5/h7-9H,6H2,1-5H3,(H,17,18)(H,14,15,16). The Hall–Kier alpha value is -1.85. The maximum absolute atomic E-state index is 11.9. The third-order valence-electron chi connectivity index (χ3n) is 2.19. The van der Waals surface area contributed by atoms with E-state index in [0.717, 1.165) is 0 Å². The predicted molar refractivity (Wildman–Crippen MR) is 74.2 cm³/mol. The molecule has 0 bridgehead atoms. The zero-order valence-electron chi connectivity index (χ0n) is 12.2. The van der Waals surface area contributed by atoms with Crippen LogP contribution >= 0.6 is 0 Å². The molecular weight excluding hydrogens is 244 g/mol. The van der Waals surface area contributed by atoms with Gasteiger partial charge in [0.15, 0.2) is 0 Å². The Bertz CT molecular complexity index is 429. The third-order valence-corrected chi connectivity index (χ3v) is 2.19. The summed E-state index contributed by atoms with van der Waals surface area (Å²) < 4.78 is 5.28. The number of hydrogen-bond acceptors (Lipinski definition) is 5. The van der Waals surface area contributed by atoms with Gasteiger partial charge in [-0.05, 0) is 34.6 Å². The van der Waals surface area contributed by atoms with Crippen LogP contribution < -0.4 is 15.4 Å². The molecule has 6 nitrogen and oxygen atoms in total. The summed E-state index contributed by atoms with van der Waals surface area (Å²) in [6.45, 7) is 10.0. The van der Waals surface area contributed by atoms with E-state index < -0.39 is 0 Å². The Labute approximate surface area is 114 Å². The molecule has 1 atom stereocenters. The maximum atomic E-state index is 11.9. The van der Waals surface area contributed by atoms with E-state index in [1.54, 1.807) is 13.0 Å². The number of rotatable bonds is 5. The number of amides is 1. The van der Waals surface area contributed by atoms with Crippen LogP contribution in [0.25, 0.3) is 0 Å². The van der Waals surface area contributed by atoms with Crippen molar-refractivity contribution in [2.45, 2.75) is 46.2 Å². The Morgan fingerprint density at radius 1 is 1.42 bits per heavy atom. The summed E-state index contributed by atoms with van der Waals surface area (Å²) >= 11 is 0. The molecule has 1 unspecified atom stereocenters. The number of nitrogens with one attached hydrogen (secondary N) is 2. The molecule has 0 saturated carbocycles. The lowest BCUT2D eigenvalue weighted by atomic mass is 10.1. The Balaban J connectivity index is 2.63. The van der Waals surface area contributed by atoms with E-state index in [4.69, 9.17) is 4.74 Å². The van der Waals surface area contributed by atoms with Crippen molar-refractivity contribution in [2.75, 3.05) is 11.9 Å². The first kappa shape index (κ1) is 15.2. The number of hydrogen-bond donors (Lipinski definition) is 2. The highest BCUT2D eigenvalue weighted by Crippen LogP contribution is 2.12. The van der Waals surface area contributed by atoms with Crippen molar-refractivity contribution in [1.29, 1.82) is 0 Å². The molecule has 0 aliphatic rings. The van der Waals surface area contributed by atoms with E-state index >= 15 is 0 Å². The number of carbonyl (C=O) groups excluding carboxylic acids is 1. The van der Waals surface area contributed by atoms with Gasteiger partial charge in [0, 0.05) is 11.6 Å². The first-order chi connectivity index (χ1) is 8.81. The molecule has 0 aliphatic carbocycles. The molecule has 19 heavy (non-hydrogen) atoms. The smallest absolute Gasteiger partial charge is 0.242 e. The maximum Gasteiger partial charge on any atom is 0.242 e. The van der Waals surface area contributed by atoms with E-state index in [9.17, 15) is 4.79 Å². The molecular formula is C13H22N4O2. The van der Waals surface area contributed by atoms with Crippen molar-refractivity contribution < 1.29 is 9.53 Å². The second-order valence-electron chi connectivity index (χ2n) is 5.28. The minimum absolute atomic E-state index is 0.0796. The van der Waals surface area contributed by atoms with Gasteiger partial charge in [-0.15, -0.1) is 0 Å². The van der Waals surface area contributed by atoms with Crippen LogP contribution in [0.4, 0.5) is 5.82 Å². The topological polar surface area (TPSA) is 76.1 Å². The highest BCUT2D eigenvalue weighted by atomic mass is 16.5. The van der Waals surface area contributed by atoms with Gasteiger partial charge in [0.05, 0.1) is 6.61 Å². The average Bonchev–Trinajstić information content (AvgIpc) is 2.27. The molecule has 0 aliphatic heterocycles. The van der Waals surface area contributed by atoms with Crippen LogP contribution in [0.3, 0.4) is 0 Å². The Morgan fingerprint density at radius 3 is 2.68 bits per heavy atom. The summed E-state index contributed by atoms with van der Waals surface area (Å²) in [5.74, 6) is 0.975. The zero-order chi connectivity index (χ0) is 14.5. The van der Waals surface area contributed by atoms with Gasteiger partial charge in [0.1, 0.15) is 18.2 Å². The van der Waals surface area contributed by atoms with Crippen molar-refractivity contribution in [1.82, 2.24) is 15.3 Å². The van der Waals surface area contributed by atoms with E-state index in [2.05, 4.69) is 20.6 Å². The minimum atomic E-state index is -0.386. The van der Waals surface area contributed by atoms with Gasteiger partial charge in [0.2, 0.25) is 11.8 Å². The van der Waals surface area contributed by atoms with E-state index in [1.807, 2.05) is 27.7 Å². The van der Waals surface area contributed by atoms with Crippen LogP contribution in [0.15, 0.2) is 12.4 Å². The highest BCUT2D eigenvalue weighted by Gasteiger charge is 2.19. The Kier molecular flexibility index (Phi) is 5.09. The summed E-state index contributed by atoms with van der Waals surface area (Å²) in [6, 6.07) is 1.29. The average molecular weight is 266 g/mol. The van der Waals surface area contributed by atoms with E-state index in [1.165, 1.54) is 6.33 Å². The first-order valence-electron chi connectivity index (χ1n) is 6.35. The fourth-order valence-corrected chi connectivity index (χ4v) is 1.41. The normalized spacial score (nSPS) is 12.7.